The number of methoxy groups -OCH3 is 1. The lowest BCUT2D eigenvalue weighted by atomic mass is 10.2. The predicted octanol–water partition coefficient (Wildman–Crippen LogP) is 1.47. The van der Waals surface area contributed by atoms with Gasteiger partial charge in [0.05, 0.1) is 19.5 Å². The van der Waals surface area contributed by atoms with Crippen molar-refractivity contribution in [1.29, 1.82) is 0 Å². The zero-order chi connectivity index (χ0) is 7.82. The van der Waals surface area contributed by atoms with E-state index in [4.69, 9.17) is 5.11 Å². The molecule has 0 amide bonds. The average Bonchev–Trinajstić information content (AvgIpc) is 1.98. The molecule has 0 fully saturated rings. The van der Waals surface area contributed by atoms with Gasteiger partial charge in [0.1, 0.15) is 0 Å². The highest BCUT2D eigenvalue weighted by Crippen LogP contribution is 1.91. The molecule has 0 aromatic rings. The van der Waals surface area contributed by atoms with Gasteiger partial charge in [-0.15, -0.1) is 0 Å². The van der Waals surface area contributed by atoms with Crippen LogP contribution in [-0.4, -0.2) is 18.3 Å². The van der Waals surface area contributed by atoms with Crippen molar-refractivity contribution in [1.82, 2.24) is 0 Å². The van der Waals surface area contributed by atoms with E-state index in [1.54, 1.807) is 31.6 Å². The Balaban J connectivity index is 3.44. The Morgan fingerprint density at radius 1 is 1.50 bits per heavy atom. The number of aliphatic hydroxyl groups is 1. The minimum atomic E-state index is -0.332. The number of aliphatic hydroxyl groups excluding tert-OH is 1. The standard InChI is InChI=1S/C8H14O2/c1-3-8(9)6-4-5-7-10-2/h4-9H,3H2,1-2H3/b6-4-,7-5-. The molecule has 0 aromatic heterocycles. The van der Waals surface area contributed by atoms with Crippen LogP contribution in [0.4, 0.5) is 0 Å². The Kier molecular flexibility index (Phi) is 5.88. The fourth-order valence-electron chi connectivity index (χ4n) is 0.452. The second-order valence-corrected chi connectivity index (χ2v) is 1.92. The molecular formula is C8H14O2. The van der Waals surface area contributed by atoms with Crippen molar-refractivity contribution in [3.63, 3.8) is 0 Å². The lowest BCUT2D eigenvalue weighted by molar-refractivity contribution is 0.219. The van der Waals surface area contributed by atoms with Gasteiger partial charge in [-0.3, -0.25) is 0 Å². The number of hydrogen-bond donors (Lipinski definition) is 1. The molecule has 0 heterocycles. The summed E-state index contributed by atoms with van der Waals surface area (Å²) in [6, 6.07) is 0. The van der Waals surface area contributed by atoms with Crippen molar-refractivity contribution in [2.24, 2.45) is 0 Å². The van der Waals surface area contributed by atoms with E-state index in [-0.39, 0.29) is 6.10 Å². The molecule has 0 saturated heterocycles. The summed E-state index contributed by atoms with van der Waals surface area (Å²) < 4.78 is 4.64. The molecule has 1 atom stereocenters. The van der Waals surface area contributed by atoms with Crippen molar-refractivity contribution < 1.29 is 9.84 Å². The molecule has 2 heteroatoms. The van der Waals surface area contributed by atoms with Crippen LogP contribution in [0.15, 0.2) is 24.5 Å². The highest BCUT2D eigenvalue weighted by molar-refractivity contribution is 5.02. The molecule has 0 aliphatic heterocycles. The normalized spacial score (nSPS) is 14.7. The highest BCUT2D eigenvalue weighted by atomic mass is 16.5. The van der Waals surface area contributed by atoms with Gasteiger partial charge in [0.25, 0.3) is 0 Å². The van der Waals surface area contributed by atoms with Gasteiger partial charge in [0.15, 0.2) is 0 Å². The molecule has 1 N–H and O–H groups in total. The number of ether oxygens (including phenoxy) is 1. The van der Waals surface area contributed by atoms with E-state index in [0.717, 1.165) is 6.42 Å². The van der Waals surface area contributed by atoms with Gasteiger partial charge in [0.2, 0.25) is 0 Å². The number of allylic oxidation sites excluding steroid dienone is 2. The van der Waals surface area contributed by atoms with E-state index in [2.05, 4.69) is 4.74 Å². The molecule has 2 nitrogen and oxygen atoms in total. The maximum Gasteiger partial charge on any atom is 0.0824 e. The van der Waals surface area contributed by atoms with Gasteiger partial charge in [-0.2, -0.15) is 0 Å². The molecule has 0 bridgehead atoms. The van der Waals surface area contributed by atoms with Crippen LogP contribution in [-0.2, 0) is 4.74 Å². The van der Waals surface area contributed by atoms with Gasteiger partial charge in [-0.1, -0.05) is 19.1 Å². The first kappa shape index (κ1) is 9.24. The van der Waals surface area contributed by atoms with Crippen LogP contribution in [0.25, 0.3) is 0 Å². The Hall–Kier alpha value is -0.760. The largest absolute Gasteiger partial charge is 0.504 e. The molecule has 0 spiro atoms. The zero-order valence-electron chi connectivity index (χ0n) is 6.45. The third-order valence-corrected chi connectivity index (χ3v) is 1.08. The molecule has 0 aliphatic carbocycles. The second kappa shape index (κ2) is 6.36. The molecule has 0 aliphatic rings. The lowest BCUT2D eigenvalue weighted by Crippen LogP contribution is -1.97. The summed E-state index contributed by atoms with van der Waals surface area (Å²) in [6.45, 7) is 1.93. The first-order chi connectivity index (χ1) is 4.81. The fraction of sp³-hybridized carbons (Fsp3) is 0.500. The Labute approximate surface area is 61.8 Å². The number of rotatable bonds is 4. The smallest absolute Gasteiger partial charge is 0.0824 e. The molecule has 0 radical (unpaired) electrons. The minimum Gasteiger partial charge on any atom is -0.504 e. The van der Waals surface area contributed by atoms with E-state index in [9.17, 15) is 0 Å². The van der Waals surface area contributed by atoms with E-state index >= 15 is 0 Å². The number of hydrogen-bond acceptors (Lipinski definition) is 2. The van der Waals surface area contributed by atoms with E-state index in [1.165, 1.54) is 0 Å². The molecule has 0 rings (SSSR count). The molecule has 1 unspecified atom stereocenters. The molecule has 0 saturated carbocycles. The monoisotopic (exact) mass is 142 g/mol. The first-order valence-corrected chi connectivity index (χ1v) is 3.35. The Bertz CT molecular complexity index is 116. The predicted molar refractivity (Wildman–Crippen MR) is 41.6 cm³/mol. The first-order valence-electron chi connectivity index (χ1n) is 3.35. The summed E-state index contributed by atoms with van der Waals surface area (Å²) in [6.07, 6.45) is 7.18. The average molecular weight is 142 g/mol. The summed E-state index contributed by atoms with van der Waals surface area (Å²) in [7, 11) is 1.58. The summed E-state index contributed by atoms with van der Waals surface area (Å²) in [5.74, 6) is 0. The van der Waals surface area contributed by atoms with Crippen LogP contribution < -0.4 is 0 Å². The third-order valence-electron chi connectivity index (χ3n) is 1.08. The van der Waals surface area contributed by atoms with Crippen molar-refractivity contribution >= 4 is 0 Å². The van der Waals surface area contributed by atoms with E-state index < -0.39 is 0 Å². The van der Waals surface area contributed by atoms with Crippen LogP contribution in [0.1, 0.15) is 13.3 Å². The maximum absolute atomic E-state index is 9.00. The SMILES string of the molecule is CCC(O)/C=C\C=C/OC. The minimum absolute atomic E-state index is 0.332. The second-order valence-electron chi connectivity index (χ2n) is 1.92. The lowest BCUT2D eigenvalue weighted by Gasteiger charge is -1.95. The van der Waals surface area contributed by atoms with Crippen molar-refractivity contribution in [2.45, 2.75) is 19.4 Å². The Morgan fingerprint density at radius 3 is 2.70 bits per heavy atom. The van der Waals surface area contributed by atoms with Gasteiger partial charge in [0, 0.05) is 0 Å². The van der Waals surface area contributed by atoms with Gasteiger partial charge < -0.3 is 9.84 Å². The Morgan fingerprint density at radius 2 is 2.20 bits per heavy atom. The van der Waals surface area contributed by atoms with Crippen LogP contribution in [0, 0.1) is 0 Å². The maximum atomic E-state index is 9.00. The van der Waals surface area contributed by atoms with Gasteiger partial charge >= 0.3 is 0 Å². The highest BCUT2D eigenvalue weighted by Gasteiger charge is 1.88. The van der Waals surface area contributed by atoms with Crippen LogP contribution in [0.5, 0.6) is 0 Å². The molecular weight excluding hydrogens is 128 g/mol. The summed E-state index contributed by atoms with van der Waals surface area (Å²) >= 11 is 0. The van der Waals surface area contributed by atoms with Crippen molar-refractivity contribution in [2.75, 3.05) is 7.11 Å². The fourth-order valence-corrected chi connectivity index (χ4v) is 0.452. The van der Waals surface area contributed by atoms with E-state index in [1.807, 2.05) is 6.92 Å². The van der Waals surface area contributed by atoms with Crippen molar-refractivity contribution in [3.05, 3.63) is 24.5 Å². The van der Waals surface area contributed by atoms with Crippen LogP contribution >= 0.6 is 0 Å². The molecule has 10 heavy (non-hydrogen) atoms. The summed E-state index contributed by atoms with van der Waals surface area (Å²) in [5.41, 5.74) is 0. The van der Waals surface area contributed by atoms with Gasteiger partial charge in [-0.25, -0.2) is 0 Å². The van der Waals surface area contributed by atoms with E-state index in [0.29, 0.717) is 0 Å². The summed E-state index contributed by atoms with van der Waals surface area (Å²) in [5, 5.41) is 9.00. The van der Waals surface area contributed by atoms with Gasteiger partial charge in [-0.05, 0) is 12.5 Å². The molecule has 58 valence electrons. The summed E-state index contributed by atoms with van der Waals surface area (Å²) in [4.78, 5) is 0. The van der Waals surface area contributed by atoms with Crippen LogP contribution in [0.2, 0.25) is 0 Å². The van der Waals surface area contributed by atoms with Crippen molar-refractivity contribution in [3.8, 4) is 0 Å². The van der Waals surface area contributed by atoms with Crippen LogP contribution in [0.3, 0.4) is 0 Å². The molecule has 0 aromatic carbocycles. The third kappa shape index (κ3) is 5.38. The quantitative estimate of drug-likeness (QED) is 0.476. The zero-order valence-corrected chi connectivity index (χ0v) is 6.45. The topological polar surface area (TPSA) is 29.5 Å².